The highest BCUT2D eigenvalue weighted by molar-refractivity contribution is 7.90. The van der Waals surface area contributed by atoms with E-state index in [0.717, 1.165) is 6.26 Å². The highest BCUT2D eigenvalue weighted by Gasteiger charge is 2.20. The smallest absolute Gasteiger partial charge is 0.254 e. The van der Waals surface area contributed by atoms with Crippen LogP contribution in [0.15, 0.2) is 66.2 Å². The summed E-state index contributed by atoms with van der Waals surface area (Å²) in [6.07, 6.45) is 7.64. The molecule has 10 heteroatoms. The van der Waals surface area contributed by atoms with Crippen LogP contribution in [0.25, 0.3) is 16.6 Å². The van der Waals surface area contributed by atoms with Crippen molar-refractivity contribution in [2.75, 3.05) is 6.26 Å². The lowest BCUT2D eigenvalue weighted by molar-refractivity contribution is 0.0937. The second-order valence-corrected chi connectivity index (χ2v) is 9.25. The van der Waals surface area contributed by atoms with Crippen LogP contribution in [0.1, 0.15) is 35.3 Å². The highest BCUT2D eigenvalue weighted by Crippen LogP contribution is 2.23. The molecule has 32 heavy (non-hydrogen) atoms. The highest BCUT2D eigenvalue weighted by atomic mass is 32.2. The van der Waals surface area contributed by atoms with Gasteiger partial charge in [0.25, 0.3) is 5.91 Å². The molecule has 0 fully saturated rings. The van der Waals surface area contributed by atoms with Gasteiger partial charge in [-0.25, -0.2) is 22.5 Å². The van der Waals surface area contributed by atoms with E-state index in [0.29, 0.717) is 34.1 Å². The molecule has 0 aliphatic carbocycles. The molecule has 1 aromatic carbocycles. The summed E-state index contributed by atoms with van der Waals surface area (Å²) in [4.78, 5) is 21.2. The van der Waals surface area contributed by atoms with Crippen molar-refractivity contribution in [1.29, 1.82) is 0 Å². The number of carbonyl (C=O) groups is 1. The van der Waals surface area contributed by atoms with Crippen molar-refractivity contribution in [1.82, 2.24) is 25.1 Å². The lowest BCUT2D eigenvalue weighted by Gasteiger charge is -2.18. The Hall–Kier alpha value is -3.66. The van der Waals surface area contributed by atoms with Crippen molar-refractivity contribution >= 4 is 26.6 Å². The van der Waals surface area contributed by atoms with E-state index in [4.69, 9.17) is 0 Å². The third-order valence-electron chi connectivity index (χ3n) is 5.07. The number of halogens is 1. The number of hydrogen-bond donors (Lipinski definition) is 1. The number of carbonyl (C=O) groups excluding carboxylic acids is 1. The van der Waals surface area contributed by atoms with Crippen LogP contribution in [0.4, 0.5) is 4.39 Å². The second kappa shape index (κ2) is 8.46. The van der Waals surface area contributed by atoms with Crippen LogP contribution < -0.4 is 5.32 Å². The maximum absolute atomic E-state index is 13.3. The predicted molar refractivity (Wildman–Crippen MR) is 117 cm³/mol. The zero-order valence-corrected chi connectivity index (χ0v) is 18.2. The number of nitrogens with one attached hydrogen (secondary N) is 1. The first-order chi connectivity index (χ1) is 15.3. The lowest BCUT2D eigenvalue weighted by Crippen LogP contribution is -2.28. The van der Waals surface area contributed by atoms with Crippen molar-refractivity contribution in [2.24, 2.45) is 0 Å². The Morgan fingerprint density at radius 1 is 1.16 bits per heavy atom. The number of nitrogens with zero attached hydrogens (tertiary/aromatic N) is 4. The summed E-state index contributed by atoms with van der Waals surface area (Å²) < 4.78 is 38.5. The molecule has 0 saturated heterocycles. The fourth-order valence-electron chi connectivity index (χ4n) is 3.41. The van der Waals surface area contributed by atoms with E-state index >= 15 is 0 Å². The quantitative estimate of drug-likeness (QED) is 0.480. The van der Waals surface area contributed by atoms with E-state index in [2.05, 4.69) is 20.4 Å². The molecule has 0 bridgehead atoms. The van der Waals surface area contributed by atoms with Gasteiger partial charge in [0.15, 0.2) is 14.9 Å². The minimum atomic E-state index is -3.47. The number of amides is 1. The van der Waals surface area contributed by atoms with Gasteiger partial charge in [-0.1, -0.05) is 6.92 Å². The molecule has 0 saturated carbocycles. The van der Waals surface area contributed by atoms with Crippen LogP contribution in [0.2, 0.25) is 0 Å². The minimum absolute atomic E-state index is 0.0490. The first kappa shape index (κ1) is 21.6. The van der Waals surface area contributed by atoms with Gasteiger partial charge in [0, 0.05) is 24.0 Å². The summed E-state index contributed by atoms with van der Waals surface area (Å²) in [6.45, 7) is 1.89. The molecular weight excluding hydrogens is 433 g/mol. The Morgan fingerprint density at radius 2 is 1.91 bits per heavy atom. The van der Waals surface area contributed by atoms with Crippen molar-refractivity contribution in [3.8, 4) is 5.69 Å². The molecule has 4 rings (SSSR count). The number of sulfone groups is 1. The maximum atomic E-state index is 13.3. The first-order valence-electron chi connectivity index (χ1n) is 9.82. The molecule has 1 amide bonds. The van der Waals surface area contributed by atoms with Gasteiger partial charge in [-0.05, 0) is 48.4 Å². The molecule has 0 unspecified atom stereocenters. The summed E-state index contributed by atoms with van der Waals surface area (Å²) >= 11 is 0. The van der Waals surface area contributed by atoms with Crippen molar-refractivity contribution in [3.05, 3.63) is 78.1 Å². The average Bonchev–Trinajstić information content (AvgIpc) is 3.21. The molecule has 3 heterocycles. The summed E-state index contributed by atoms with van der Waals surface area (Å²) in [5.74, 6) is -0.726. The summed E-state index contributed by atoms with van der Waals surface area (Å²) in [5.41, 5.74) is 2.20. The Bertz CT molecular complexity index is 1400. The van der Waals surface area contributed by atoms with Crippen molar-refractivity contribution in [2.45, 2.75) is 24.4 Å². The largest absolute Gasteiger partial charge is 0.345 e. The molecule has 0 aliphatic rings. The Labute approximate surface area is 184 Å². The number of pyridine rings is 2. The molecule has 4 aromatic rings. The normalized spacial score (nSPS) is 12.6. The molecule has 0 aliphatic heterocycles. The number of aromatic nitrogens is 4. The molecule has 1 atom stereocenters. The van der Waals surface area contributed by atoms with Gasteiger partial charge in [-0.15, -0.1) is 0 Å². The fraction of sp³-hybridized carbons (Fsp3) is 0.182. The zero-order valence-electron chi connectivity index (χ0n) is 17.4. The topological polar surface area (TPSA) is 107 Å². The van der Waals surface area contributed by atoms with Gasteiger partial charge >= 0.3 is 0 Å². The third kappa shape index (κ3) is 4.22. The van der Waals surface area contributed by atoms with Crippen LogP contribution in [-0.4, -0.2) is 40.3 Å². The van der Waals surface area contributed by atoms with E-state index in [9.17, 15) is 17.6 Å². The maximum Gasteiger partial charge on any atom is 0.254 e. The minimum Gasteiger partial charge on any atom is -0.345 e. The Morgan fingerprint density at radius 3 is 2.59 bits per heavy atom. The third-order valence-corrected chi connectivity index (χ3v) is 6.05. The van der Waals surface area contributed by atoms with Gasteiger partial charge in [0.2, 0.25) is 0 Å². The van der Waals surface area contributed by atoms with E-state index in [-0.39, 0.29) is 16.8 Å². The van der Waals surface area contributed by atoms with Crippen LogP contribution in [0, 0.1) is 5.82 Å². The lowest BCUT2D eigenvalue weighted by atomic mass is 10.1. The average molecular weight is 453 g/mol. The first-order valence-corrected chi connectivity index (χ1v) is 11.7. The van der Waals surface area contributed by atoms with Crippen LogP contribution in [0.3, 0.4) is 0 Å². The monoisotopic (exact) mass is 453 g/mol. The number of benzene rings is 1. The molecule has 1 N–H and O–H groups in total. The van der Waals surface area contributed by atoms with Crippen LogP contribution in [-0.2, 0) is 9.84 Å². The van der Waals surface area contributed by atoms with Gasteiger partial charge in [0.05, 0.1) is 35.2 Å². The molecule has 3 aromatic heterocycles. The van der Waals surface area contributed by atoms with Gasteiger partial charge in [-0.3, -0.25) is 9.78 Å². The van der Waals surface area contributed by atoms with Crippen molar-refractivity contribution in [3.63, 3.8) is 0 Å². The van der Waals surface area contributed by atoms with Crippen molar-refractivity contribution < 1.29 is 17.6 Å². The van der Waals surface area contributed by atoms with Crippen LogP contribution in [0.5, 0.6) is 0 Å². The van der Waals surface area contributed by atoms with Gasteiger partial charge in [0.1, 0.15) is 5.82 Å². The molecule has 0 spiro atoms. The fourth-order valence-corrected chi connectivity index (χ4v) is 4.01. The molecule has 8 nitrogen and oxygen atoms in total. The second-order valence-electron chi connectivity index (χ2n) is 7.29. The van der Waals surface area contributed by atoms with E-state index in [1.165, 1.54) is 30.6 Å². The molecular formula is C22H20FN5O3S. The van der Waals surface area contributed by atoms with Gasteiger partial charge < -0.3 is 5.32 Å². The van der Waals surface area contributed by atoms with E-state index in [1.54, 1.807) is 35.3 Å². The number of hydrogen-bond acceptors (Lipinski definition) is 6. The standard InChI is InChI=1S/C22H20FN5O3S/c1-3-19(14-8-9-25-21(10-14)32(2,30)31)27-22(29)18-11-24-13-20-17(18)12-26-28(20)16-6-4-15(23)5-7-16/h4-13,19H,3H2,1-2H3,(H,27,29)/t19-/m0/s1. The Kier molecular flexibility index (Phi) is 5.70. The SMILES string of the molecule is CC[C@H](NC(=O)c1cncc2c1cnn2-c1ccc(F)cc1)c1ccnc(S(C)(=O)=O)c1. The summed E-state index contributed by atoms with van der Waals surface area (Å²) in [5, 5.41) is 7.81. The van der Waals surface area contributed by atoms with Crippen LogP contribution >= 0.6 is 0 Å². The number of rotatable bonds is 6. The zero-order chi connectivity index (χ0) is 22.9. The Balaban J connectivity index is 1.66. The summed E-state index contributed by atoms with van der Waals surface area (Å²) in [7, 11) is -3.47. The number of fused-ring (bicyclic) bond motifs is 1. The summed E-state index contributed by atoms with van der Waals surface area (Å²) in [6, 6.07) is 8.56. The molecule has 164 valence electrons. The van der Waals surface area contributed by atoms with E-state index in [1.807, 2.05) is 6.92 Å². The van der Waals surface area contributed by atoms with E-state index < -0.39 is 15.9 Å². The predicted octanol–water partition coefficient (Wildman–Crippen LogP) is 3.24. The molecule has 0 radical (unpaired) electrons. The van der Waals surface area contributed by atoms with Gasteiger partial charge in [-0.2, -0.15) is 5.10 Å².